The first-order valence-corrected chi connectivity index (χ1v) is 6.13. The van der Waals surface area contributed by atoms with Crippen molar-refractivity contribution < 1.29 is 5.11 Å². The first-order valence-electron chi connectivity index (χ1n) is 5.25. The van der Waals surface area contributed by atoms with E-state index in [1.54, 1.807) is 16.8 Å². The van der Waals surface area contributed by atoms with Crippen LogP contribution in [0.2, 0.25) is 0 Å². The molecule has 0 amide bonds. The van der Waals surface area contributed by atoms with Crippen LogP contribution >= 0.6 is 11.3 Å². The number of nitrogens with zero attached hydrogens (tertiary/aromatic N) is 1. The van der Waals surface area contributed by atoms with E-state index in [0.717, 1.165) is 12.1 Å². The van der Waals surface area contributed by atoms with E-state index in [1.165, 1.54) is 10.4 Å². The maximum Gasteiger partial charge on any atom is 0.0797 e. The molecule has 1 heterocycles. The minimum absolute atomic E-state index is 0.225. The minimum Gasteiger partial charge on any atom is -0.396 e. The van der Waals surface area contributed by atoms with E-state index in [2.05, 4.69) is 24.0 Å². The van der Waals surface area contributed by atoms with Gasteiger partial charge in [0.1, 0.15) is 0 Å². The average molecular weight is 235 g/mol. The van der Waals surface area contributed by atoms with Crippen molar-refractivity contribution in [1.82, 2.24) is 4.98 Å². The highest BCUT2D eigenvalue weighted by Gasteiger charge is 1.97. The van der Waals surface area contributed by atoms with Gasteiger partial charge in [0.15, 0.2) is 0 Å². The maximum atomic E-state index is 8.54. The van der Waals surface area contributed by atoms with Crippen molar-refractivity contribution in [3.05, 3.63) is 52.0 Å². The van der Waals surface area contributed by atoms with E-state index in [0.29, 0.717) is 0 Å². The lowest BCUT2D eigenvalue weighted by atomic mass is 10.2. The number of hydrogen-bond donors (Lipinski definition) is 1. The van der Waals surface area contributed by atoms with E-state index in [1.807, 2.05) is 25.1 Å². The fourth-order valence-corrected chi connectivity index (χ4v) is 1.97. The second kappa shape index (κ2) is 7.14. The van der Waals surface area contributed by atoms with Crippen molar-refractivity contribution >= 4 is 11.3 Å². The zero-order chi connectivity index (χ0) is 11.8. The monoisotopic (exact) mass is 235 g/mol. The van der Waals surface area contributed by atoms with Crippen LogP contribution in [-0.4, -0.2) is 16.7 Å². The third-order valence-corrected chi connectivity index (χ3v) is 3.12. The van der Waals surface area contributed by atoms with Crippen LogP contribution in [0.3, 0.4) is 0 Å². The summed E-state index contributed by atoms with van der Waals surface area (Å²) in [6, 6.07) is 10.3. The van der Waals surface area contributed by atoms with Crippen LogP contribution in [0, 0.1) is 13.8 Å². The van der Waals surface area contributed by atoms with Gasteiger partial charge in [-0.1, -0.05) is 35.9 Å². The predicted molar refractivity (Wildman–Crippen MR) is 68.8 cm³/mol. The largest absolute Gasteiger partial charge is 0.396 e. The van der Waals surface area contributed by atoms with Crippen LogP contribution in [0.15, 0.2) is 35.8 Å². The molecule has 0 atom stereocenters. The van der Waals surface area contributed by atoms with Gasteiger partial charge >= 0.3 is 0 Å². The van der Waals surface area contributed by atoms with Gasteiger partial charge in [0.25, 0.3) is 0 Å². The van der Waals surface area contributed by atoms with Gasteiger partial charge in [0.2, 0.25) is 0 Å². The fraction of sp³-hybridized carbons (Fsp3) is 0.308. The van der Waals surface area contributed by atoms with E-state index in [9.17, 15) is 0 Å². The Bertz CT molecular complexity index is 397. The molecule has 0 unspecified atom stereocenters. The Kier molecular flexibility index (Phi) is 5.75. The Hall–Kier alpha value is -1.19. The summed E-state index contributed by atoms with van der Waals surface area (Å²) in [7, 11) is 0. The Morgan fingerprint density at radius 3 is 2.25 bits per heavy atom. The van der Waals surface area contributed by atoms with Gasteiger partial charge in [-0.3, -0.25) is 0 Å². The van der Waals surface area contributed by atoms with Crippen molar-refractivity contribution in [1.29, 1.82) is 0 Å². The van der Waals surface area contributed by atoms with E-state index < -0.39 is 0 Å². The normalized spacial score (nSPS) is 9.44. The van der Waals surface area contributed by atoms with Crippen LogP contribution in [0.25, 0.3) is 0 Å². The first kappa shape index (κ1) is 12.9. The number of aliphatic hydroxyl groups is 1. The van der Waals surface area contributed by atoms with Crippen LogP contribution in [0.5, 0.6) is 0 Å². The van der Waals surface area contributed by atoms with Crippen LogP contribution in [-0.2, 0) is 6.42 Å². The lowest BCUT2D eigenvalue weighted by Gasteiger charge is -1.90. The minimum atomic E-state index is 0.225. The number of aromatic nitrogens is 1. The second-order valence-corrected chi connectivity index (χ2v) is 4.43. The van der Waals surface area contributed by atoms with Crippen LogP contribution in [0.1, 0.15) is 16.1 Å². The summed E-state index contributed by atoms with van der Waals surface area (Å²) in [6.07, 6.45) is 0.747. The molecule has 1 N–H and O–H groups in total. The molecule has 1 aromatic carbocycles. The van der Waals surface area contributed by atoms with Crippen molar-refractivity contribution in [3.63, 3.8) is 0 Å². The van der Waals surface area contributed by atoms with Crippen molar-refractivity contribution in [3.8, 4) is 0 Å². The van der Waals surface area contributed by atoms with E-state index in [4.69, 9.17) is 5.11 Å². The molecule has 2 rings (SSSR count). The molecule has 0 aliphatic heterocycles. The van der Waals surface area contributed by atoms with Gasteiger partial charge in [0, 0.05) is 17.9 Å². The highest BCUT2D eigenvalue weighted by molar-refractivity contribution is 7.09. The molecular weight excluding hydrogens is 218 g/mol. The molecule has 0 saturated heterocycles. The number of thiazole rings is 1. The number of hydrogen-bond acceptors (Lipinski definition) is 3. The zero-order valence-electron chi connectivity index (χ0n) is 9.68. The highest BCUT2D eigenvalue weighted by Crippen LogP contribution is 2.11. The molecule has 16 heavy (non-hydrogen) atoms. The van der Waals surface area contributed by atoms with Crippen molar-refractivity contribution in [2.75, 3.05) is 6.61 Å². The quantitative estimate of drug-likeness (QED) is 0.868. The fourth-order valence-electron chi connectivity index (χ4n) is 1.20. The van der Waals surface area contributed by atoms with Gasteiger partial charge < -0.3 is 5.11 Å². The van der Waals surface area contributed by atoms with Gasteiger partial charge in [-0.25, -0.2) is 4.98 Å². The van der Waals surface area contributed by atoms with E-state index >= 15 is 0 Å². The molecule has 0 bridgehead atoms. The van der Waals surface area contributed by atoms with Gasteiger partial charge in [-0.15, -0.1) is 11.3 Å². The topological polar surface area (TPSA) is 33.1 Å². The molecule has 0 radical (unpaired) electrons. The molecular formula is C13H17NOS. The average Bonchev–Trinajstić information content (AvgIpc) is 2.67. The van der Waals surface area contributed by atoms with Crippen LogP contribution < -0.4 is 0 Å². The third kappa shape index (κ3) is 4.55. The molecule has 0 fully saturated rings. The summed E-state index contributed by atoms with van der Waals surface area (Å²) in [5, 5.41) is 8.54. The summed E-state index contributed by atoms with van der Waals surface area (Å²) in [4.78, 5) is 5.23. The molecule has 0 aliphatic carbocycles. The second-order valence-electron chi connectivity index (χ2n) is 3.49. The Balaban J connectivity index is 0.000000165. The maximum absolute atomic E-state index is 8.54. The zero-order valence-corrected chi connectivity index (χ0v) is 10.5. The van der Waals surface area contributed by atoms with E-state index in [-0.39, 0.29) is 6.61 Å². The first-order chi connectivity index (χ1) is 7.74. The molecule has 2 aromatic rings. The third-order valence-electron chi connectivity index (χ3n) is 2.12. The lowest BCUT2D eigenvalue weighted by Crippen LogP contribution is -1.88. The van der Waals surface area contributed by atoms with Crippen molar-refractivity contribution in [2.24, 2.45) is 0 Å². The summed E-state index contributed by atoms with van der Waals surface area (Å²) in [6.45, 7) is 4.27. The number of aliphatic hydroxyl groups excluding tert-OH is 1. The number of benzene rings is 1. The molecule has 0 spiro atoms. The van der Waals surface area contributed by atoms with Gasteiger partial charge in [-0.2, -0.15) is 0 Å². The Labute approximate surface area is 101 Å². The number of aryl methyl sites for hydroxylation is 2. The summed E-state index contributed by atoms with van der Waals surface area (Å²) in [5.41, 5.74) is 4.18. The standard InChI is InChI=1S/C7H8.C6H9NOS/c1-7-5-3-2-4-6-7;1-5-6(2-3-8)9-4-7-5/h2-6H,1H3;4,8H,2-3H2,1H3. The van der Waals surface area contributed by atoms with Gasteiger partial charge in [0.05, 0.1) is 11.2 Å². The summed E-state index contributed by atoms with van der Waals surface area (Å²) in [5.74, 6) is 0. The molecule has 0 aliphatic rings. The Morgan fingerprint density at radius 2 is 1.88 bits per heavy atom. The molecule has 0 saturated carbocycles. The van der Waals surface area contributed by atoms with Crippen molar-refractivity contribution in [2.45, 2.75) is 20.3 Å². The Morgan fingerprint density at radius 1 is 1.19 bits per heavy atom. The smallest absolute Gasteiger partial charge is 0.0797 e. The molecule has 3 heteroatoms. The number of rotatable bonds is 2. The van der Waals surface area contributed by atoms with Gasteiger partial charge in [-0.05, 0) is 13.8 Å². The lowest BCUT2D eigenvalue weighted by molar-refractivity contribution is 0.300. The SMILES string of the molecule is Cc1ccccc1.Cc1ncsc1CCO. The summed E-state index contributed by atoms with van der Waals surface area (Å²) < 4.78 is 0. The predicted octanol–water partition coefficient (Wildman–Crippen LogP) is 2.98. The molecule has 86 valence electrons. The summed E-state index contributed by atoms with van der Waals surface area (Å²) >= 11 is 1.60. The van der Waals surface area contributed by atoms with Crippen LogP contribution in [0.4, 0.5) is 0 Å². The molecule has 2 nitrogen and oxygen atoms in total. The molecule has 1 aromatic heterocycles. The highest BCUT2D eigenvalue weighted by atomic mass is 32.1.